The van der Waals surface area contributed by atoms with Crippen LogP contribution in [0.4, 0.5) is 10.1 Å². The molecule has 3 nitrogen and oxygen atoms in total. The number of anilines is 1. The molecule has 0 radical (unpaired) electrons. The van der Waals surface area contributed by atoms with Crippen molar-refractivity contribution in [2.75, 3.05) is 12.4 Å². The van der Waals surface area contributed by atoms with Crippen LogP contribution in [0, 0.1) is 11.7 Å². The molecule has 1 aliphatic rings. The summed E-state index contributed by atoms with van der Waals surface area (Å²) in [4.78, 5) is 11.3. The summed E-state index contributed by atoms with van der Waals surface area (Å²) < 4.78 is 14.3. The zero-order valence-corrected chi connectivity index (χ0v) is 12.4. The molecule has 0 fully saturated rings. The molecule has 0 bridgehead atoms. The average Bonchev–Trinajstić information content (AvgIpc) is 2.39. The number of carbonyl (C=O) groups is 1. The van der Waals surface area contributed by atoms with Crippen molar-refractivity contribution in [3.8, 4) is 0 Å². The molecule has 2 N–H and O–H groups in total. The van der Waals surface area contributed by atoms with Gasteiger partial charge >= 0.3 is 0 Å². The molecular formula is C16H23FN2O. The lowest BCUT2D eigenvalue weighted by molar-refractivity contribution is -0.116. The van der Waals surface area contributed by atoms with Crippen LogP contribution >= 0.6 is 0 Å². The van der Waals surface area contributed by atoms with Gasteiger partial charge in [-0.25, -0.2) is 4.39 Å². The molecule has 20 heavy (non-hydrogen) atoms. The summed E-state index contributed by atoms with van der Waals surface area (Å²) in [5, 5.41) is 5.94. The van der Waals surface area contributed by atoms with Crippen molar-refractivity contribution in [3.63, 3.8) is 0 Å². The van der Waals surface area contributed by atoms with Crippen LogP contribution in [0.1, 0.15) is 50.3 Å². The number of rotatable bonds is 5. The van der Waals surface area contributed by atoms with Crippen molar-refractivity contribution in [2.24, 2.45) is 5.92 Å². The smallest absolute Gasteiger partial charge is 0.224 e. The molecule has 1 heterocycles. The average molecular weight is 278 g/mol. The molecule has 0 aromatic heterocycles. The van der Waals surface area contributed by atoms with Gasteiger partial charge in [0, 0.05) is 23.7 Å². The van der Waals surface area contributed by atoms with Crippen LogP contribution in [0.5, 0.6) is 0 Å². The SMILES string of the molecule is CNC(CCC(C)C)c1cc2c(cc1F)NC(=O)CC2. The van der Waals surface area contributed by atoms with E-state index in [9.17, 15) is 9.18 Å². The first-order valence-electron chi connectivity index (χ1n) is 7.30. The Morgan fingerprint density at radius 3 is 2.70 bits per heavy atom. The molecule has 1 aromatic carbocycles. The van der Waals surface area contributed by atoms with Gasteiger partial charge in [0.2, 0.25) is 5.91 Å². The minimum absolute atomic E-state index is 0.0281. The molecule has 4 heteroatoms. The number of hydrogen-bond acceptors (Lipinski definition) is 2. The second-order valence-electron chi connectivity index (χ2n) is 5.89. The Hall–Kier alpha value is -1.42. The van der Waals surface area contributed by atoms with Crippen LogP contribution in [-0.2, 0) is 11.2 Å². The maximum Gasteiger partial charge on any atom is 0.224 e. The van der Waals surface area contributed by atoms with E-state index in [4.69, 9.17) is 0 Å². The monoisotopic (exact) mass is 278 g/mol. The maximum atomic E-state index is 14.3. The molecule has 1 atom stereocenters. The zero-order chi connectivity index (χ0) is 14.7. The highest BCUT2D eigenvalue weighted by Crippen LogP contribution is 2.30. The van der Waals surface area contributed by atoms with E-state index >= 15 is 0 Å². The highest BCUT2D eigenvalue weighted by molar-refractivity contribution is 5.93. The van der Waals surface area contributed by atoms with E-state index in [0.29, 0.717) is 30.0 Å². The third kappa shape index (κ3) is 3.37. The van der Waals surface area contributed by atoms with Crippen LogP contribution < -0.4 is 10.6 Å². The number of benzene rings is 1. The molecule has 0 aliphatic carbocycles. The standard InChI is InChI=1S/C16H23FN2O/c1-10(2)4-6-14(18-3)12-8-11-5-7-16(20)19-15(11)9-13(12)17/h8-10,14,18H,4-7H2,1-3H3,(H,19,20). The Kier molecular flexibility index (Phi) is 4.76. The molecule has 1 aromatic rings. The van der Waals surface area contributed by atoms with Crippen molar-refractivity contribution in [1.82, 2.24) is 5.32 Å². The van der Waals surface area contributed by atoms with Gasteiger partial charge < -0.3 is 10.6 Å². The van der Waals surface area contributed by atoms with E-state index < -0.39 is 0 Å². The summed E-state index contributed by atoms with van der Waals surface area (Å²) in [6.45, 7) is 4.34. The minimum atomic E-state index is -0.242. The summed E-state index contributed by atoms with van der Waals surface area (Å²) in [5.41, 5.74) is 2.37. The first kappa shape index (κ1) is 15.0. The predicted molar refractivity (Wildman–Crippen MR) is 79.2 cm³/mol. The van der Waals surface area contributed by atoms with Crippen LogP contribution in [0.15, 0.2) is 12.1 Å². The number of hydrogen-bond donors (Lipinski definition) is 2. The molecule has 110 valence electrons. The Morgan fingerprint density at radius 1 is 1.30 bits per heavy atom. The van der Waals surface area contributed by atoms with Gasteiger partial charge in [-0.15, -0.1) is 0 Å². The third-order valence-electron chi connectivity index (χ3n) is 3.87. The molecule has 2 rings (SSSR count). The van der Waals surface area contributed by atoms with Crippen molar-refractivity contribution < 1.29 is 9.18 Å². The Balaban J connectivity index is 2.24. The molecule has 0 saturated carbocycles. The number of halogens is 1. The number of aryl methyl sites for hydroxylation is 1. The Labute approximate surface area is 120 Å². The fourth-order valence-corrected chi connectivity index (χ4v) is 2.64. The molecule has 0 spiro atoms. The number of amides is 1. The van der Waals surface area contributed by atoms with Gasteiger partial charge in [0.05, 0.1) is 0 Å². The van der Waals surface area contributed by atoms with Crippen LogP contribution in [0.25, 0.3) is 0 Å². The van der Waals surface area contributed by atoms with E-state index in [1.807, 2.05) is 13.1 Å². The van der Waals surface area contributed by atoms with Crippen molar-refractivity contribution >= 4 is 11.6 Å². The number of carbonyl (C=O) groups excluding carboxylic acids is 1. The quantitative estimate of drug-likeness (QED) is 0.866. The largest absolute Gasteiger partial charge is 0.326 e. The van der Waals surface area contributed by atoms with Gasteiger partial charge in [0.1, 0.15) is 5.82 Å². The topological polar surface area (TPSA) is 41.1 Å². The first-order chi connectivity index (χ1) is 9.51. The van der Waals surface area contributed by atoms with Gasteiger partial charge in [-0.2, -0.15) is 0 Å². The molecule has 1 unspecified atom stereocenters. The summed E-state index contributed by atoms with van der Waals surface area (Å²) in [6.07, 6.45) is 3.14. The molecule has 1 aliphatic heterocycles. The fraction of sp³-hybridized carbons (Fsp3) is 0.562. The first-order valence-corrected chi connectivity index (χ1v) is 7.30. The highest BCUT2D eigenvalue weighted by atomic mass is 19.1. The zero-order valence-electron chi connectivity index (χ0n) is 12.4. The fourth-order valence-electron chi connectivity index (χ4n) is 2.64. The Morgan fingerprint density at radius 2 is 2.05 bits per heavy atom. The third-order valence-corrected chi connectivity index (χ3v) is 3.87. The lowest BCUT2D eigenvalue weighted by Gasteiger charge is -2.23. The van der Waals surface area contributed by atoms with Gasteiger partial charge in [-0.05, 0) is 49.9 Å². The second kappa shape index (κ2) is 6.35. The minimum Gasteiger partial charge on any atom is -0.326 e. The second-order valence-corrected chi connectivity index (χ2v) is 5.89. The highest BCUT2D eigenvalue weighted by Gasteiger charge is 2.21. The van der Waals surface area contributed by atoms with Crippen molar-refractivity contribution in [2.45, 2.75) is 45.6 Å². The molecule has 1 amide bonds. The lowest BCUT2D eigenvalue weighted by Crippen LogP contribution is -2.22. The van der Waals surface area contributed by atoms with Crippen LogP contribution in [-0.4, -0.2) is 13.0 Å². The number of nitrogens with one attached hydrogen (secondary N) is 2. The summed E-state index contributed by atoms with van der Waals surface area (Å²) >= 11 is 0. The Bertz CT molecular complexity index is 499. The van der Waals surface area contributed by atoms with Crippen molar-refractivity contribution in [3.05, 3.63) is 29.1 Å². The van der Waals surface area contributed by atoms with Crippen molar-refractivity contribution in [1.29, 1.82) is 0 Å². The van der Waals surface area contributed by atoms with Gasteiger partial charge in [0.15, 0.2) is 0 Å². The molecule has 0 saturated heterocycles. The number of fused-ring (bicyclic) bond motifs is 1. The summed E-state index contributed by atoms with van der Waals surface area (Å²) in [5.74, 6) is 0.328. The van der Waals surface area contributed by atoms with E-state index in [1.54, 1.807) is 0 Å². The van der Waals surface area contributed by atoms with Gasteiger partial charge in [0.25, 0.3) is 0 Å². The van der Waals surface area contributed by atoms with E-state index in [0.717, 1.165) is 18.4 Å². The van der Waals surface area contributed by atoms with Gasteiger partial charge in [-0.3, -0.25) is 4.79 Å². The normalized spacial score (nSPS) is 15.9. The van der Waals surface area contributed by atoms with E-state index in [-0.39, 0.29) is 17.8 Å². The van der Waals surface area contributed by atoms with E-state index in [1.165, 1.54) is 6.07 Å². The predicted octanol–water partition coefficient (Wildman–Crippen LogP) is 3.41. The van der Waals surface area contributed by atoms with Crippen LogP contribution in [0.2, 0.25) is 0 Å². The van der Waals surface area contributed by atoms with E-state index in [2.05, 4.69) is 24.5 Å². The van der Waals surface area contributed by atoms with Crippen LogP contribution in [0.3, 0.4) is 0 Å². The summed E-state index contributed by atoms with van der Waals surface area (Å²) in [7, 11) is 1.87. The van der Waals surface area contributed by atoms with Gasteiger partial charge in [-0.1, -0.05) is 13.8 Å². The summed E-state index contributed by atoms with van der Waals surface area (Å²) in [6, 6.07) is 3.40. The molecular weight excluding hydrogens is 255 g/mol. The lowest BCUT2D eigenvalue weighted by atomic mass is 9.93. The maximum absolute atomic E-state index is 14.3.